The van der Waals surface area contributed by atoms with Crippen molar-refractivity contribution < 1.29 is 14.6 Å². The molecule has 0 spiro atoms. The zero-order chi connectivity index (χ0) is 14.9. The van der Waals surface area contributed by atoms with Gasteiger partial charge in [-0.15, -0.1) is 0 Å². The van der Waals surface area contributed by atoms with Gasteiger partial charge in [-0.05, 0) is 52.6 Å². The Morgan fingerprint density at radius 1 is 1.20 bits per heavy atom. The average Bonchev–Trinajstić information content (AvgIpc) is 2.70. The molecule has 0 aromatic rings. The molecule has 2 aliphatic rings. The number of carbonyl (C=O) groups excluding carboxylic acids is 1. The average molecular weight is 284 g/mol. The third-order valence-electron chi connectivity index (χ3n) is 4.20. The summed E-state index contributed by atoms with van der Waals surface area (Å²) in [6.07, 6.45) is 1.58. The van der Waals surface area contributed by atoms with E-state index in [0.29, 0.717) is 13.1 Å². The van der Waals surface area contributed by atoms with Gasteiger partial charge in [0.1, 0.15) is 5.60 Å². The molecule has 0 aromatic carbocycles. The number of carbonyl (C=O) groups is 1. The lowest BCUT2D eigenvalue weighted by Crippen LogP contribution is -2.47. The number of piperidine rings is 1. The normalized spacial score (nSPS) is 29.8. The summed E-state index contributed by atoms with van der Waals surface area (Å²) in [6, 6.07) is 0.0648. The van der Waals surface area contributed by atoms with Crippen molar-refractivity contribution in [2.75, 3.05) is 26.2 Å². The summed E-state index contributed by atoms with van der Waals surface area (Å²) >= 11 is 0. The monoisotopic (exact) mass is 284 g/mol. The van der Waals surface area contributed by atoms with Gasteiger partial charge in [0.25, 0.3) is 0 Å². The second kappa shape index (κ2) is 5.90. The quantitative estimate of drug-likeness (QED) is 0.796. The molecule has 0 radical (unpaired) electrons. The van der Waals surface area contributed by atoms with Crippen LogP contribution >= 0.6 is 0 Å². The summed E-state index contributed by atoms with van der Waals surface area (Å²) in [7, 11) is 0. The highest BCUT2D eigenvalue weighted by molar-refractivity contribution is 5.68. The van der Waals surface area contributed by atoms with Crippen LogP contribution in [-0.4, -0.2) is 64.9 Å². The van der Waals surface area contributed by atoms with Gasteiger partial charge in [0.2, 0.25) is 0 Å². The fraction of sp³-hybridized carbons (Fsp3) is 0.933. The number of aliphatic hydroxyl groups is 1. The molecule has 0 bridgehead atoms. The van der Waals surface area contributed by atoms with E-state index < -0.39 is 11.7 Å². The van der Waals surface area contributed by atoms with Crippen molar-refractivity contribution in [3.8, 4) is 0 Å². The first-order valence-electron chi connectivity index (χ1n) is 7.66. The molecule has 2 fully saturated rings. The standard InChI is InChI=1S/C15H28N2O3/c1-11-5-7-16(8-6-11)12-9-17(10-13(12)18)14(19)20-15(2,3)4/h11-13,18H,5-10H2,1-4H3/t12-,13-/m1/s1. The fourth-order valence-electron chi connectivity index (χ4n) is 2.96. The molecule has 1 amide bonds. The number of ether oxygens (including phenoxy) is 1. The van der Waals surface area contributed by atoms with Gasteiger partial charge in [0.05, 0.1) is 18.7 Å². The lowest BCUT2D eigenvalue weighted by molar-refractivity contribution is 0.0268. The predicted octanol–water partition coefficient (Wildman–Crippen LogP) is 1.70. The Morgan fingerprint density at radius 2 is 1.80 bits per heavy atom. The molecule has 20 heavy (non-hydrogen) atoms. The first-order chi connectivity index (χ1) is 9.26. The minimum Gasteiger partial charge on any atom is -0.444 e. The van der Waals surface area contributed by atoms with Crippen molar-refractivity contribution in [3.05, 3.63) is 0 Å². The molecule has 2 atom stereocenters. The lowest BCUT2D eigenvalue weighted by atomic mass is 9.97. The Kier molecular flexibility index (Phi) is 4.59. The van der Waals surface area contributed by atoms with E-state index in [4.69, 9.17) is 4.74 Å². The summed E-state index contributed by atoms with van der Waals surface area (Å²) in [5, 5.41) is 10.2. The van der Waals surface area contributed by atoms with Gasteiger partial charge in [-0.2, -0.15) is 0 Å². The molecular formula is C15H28N2O3. The number of likely N-dealkylation sites (tertiary alicyclic amines) is 2. The second-order valence-corrected chi connectivity index (χ2v) is 7.24. The van der Waals surface area contributed by atoms with Crippen LogP contribution in [0.15, 0.2) is 0 Å². The van der Waals surface area contributed by atoms with Gasteiger partial charge in [0.15, 0.2) is 0 Å². The molecule has 2 saturated heterocycles. The molecule has 1 N–H and O–H groups in total. The molecule has 2 rings (SSSR count). The Morgan fingerprint density at radius 3 is 2.35 bits per heavy atom. The van der Waals surface area contributed by atoms with Crippen LogP contribution in [0.3, 0.4) is 0 Å². The Balaban J connectivity index is 1.90. The summed E-state index contributed by atoms with van der Waals surface area (Å²) in [4.78, 5) is 16.0. The van der Waals surface area contributed by atoms with E-state index in [1.165, 1.54) is 12.8 Å². The van der Waals surface area contributed by atoms with Crippen LogP contribution in [0, 0.1) is 5.92 Å². The molecule has 116 valence electrons. The molecule has 2 heterocycles. The third-order valence-corrected chi connectivity index (χ3v) is 4.20. The number of hydrogen-bond acceptors (Lipinski definition) is 4. The number of β-amino-alcohol motifs (C(OH)–C–C–N with tert-alkyl or cyclic N) is 1. The first kappa shape index (κ1) is 15.6. The van der Waals surface area contributed by atoms with Crippen LogP contribution in [-0.2, 0) is 4.74 Å². The lowest BCUT2D eigenvalue weighted by Gasteiger charge is -2.35. The van der Waals surface area contributed by atoms with Gasteiger partial charge < -0.3 is 14.7 Å². The number of hydrogen-bond donors (Lipinski definition) is 1. The number of amides is 1. The first-order valence-corrected chi connectivity index (χ1v) is 7.66. The highest BCUT2D eigenvalue weighted by Crippen LogP contribution is 2.24. The fourth-order valence-corrected chi connectivity index (χ4v) is 2.96. The smallest absolute Gasteiger partial charge is 0.410 e. The summed E-state index contributed by atoms with van der Waals surface area (Å²) in [5.74, 6) is 0.770. The van der Waals surface area contributed by atoms with Crippen molar-refractivity contribution in [1.29, 1.82) is 0 Å². The van der Waals surface area contributed by atoms with Gasteiger partial charge in [-0.25, -0.2) is 4.79 Å². The van der Waals surface area contributed by atoms with E-state index in [2.05, 4.69) is 11.8 Å². The van der Waals surface area contributed by atoms with Crippen molar-refractivity contribution in [2.45, 2.75) is 58.3 Å². The molecule has 0 saturated carbocycles. The zero-order valence-electron chi connectivity index (χ0n) is 13.1. The highest BCUT2D eigenvalue weighted by atomic mass is 16.6. The van der Waals surface area contributed by atoms with E-state index in [9.17, 15) is 9.90 Å². The maximum atomic E-state index is 12.1. The molecule has 0 aromatic heterocycles. The molecule has 0 aliphatic carbocycles. The summed E-state index contributed by atoms with van der Waals surface area (Å²) in [6.45, 7) is 10.9. The minimum atomic E-state index is -0.485. The second-order valence-electron chi connectivity index (χ2n) is 7.24. The topological polar surface area (TPSA) is 53.0 Å². The number of aliphatic hydroxyl groups excluding tert-OH is 1. The molecular weight excluding hydrogens is 256 g/mol. The van der Waals surface area contributed by atoms with E-state index in [1.807, 2.05) is 20.8 Å². The largest absolute Gasteiger partial charge is 0.444 e. The highest BCUT2D eigenvalue weighted by Gasteiger charge is 2.39. The number of rotatable bonds is 1. The van der Waals surface area contributed by atoms with Crippen LogP contribution < -0.4 is 0 Å². The maximum Gasteiger partial charge on any atom is 0.410 e. The van der Waals surface area contributed by atoms with Gasteiger partial charge in [-0.3, -0.25) is 4.90 Å². The molecule has 0 unspecified atom stereocenters. The van der Waals surface area contributed by atoms with E-state index >= 15 is 0 Å². The summed E-state index contributed by atoms with van der Waals surface area (Å²) in [5.41, 5.74) is -0.485. The van der Waals surface area contributed by atoms with Crippen LogP contribution in [0.1, 0.15) is 40.5 Å². The molecule has 5 heteroatoms. The Bertz CT molecular complexity index is 346. The minimum absolute atomic E-state index is 0.0648. The molecule has 2 aliphatic heterocycles. The van der Waals surface area contributed by atoms with Crippen molar-refractivity contribution in [2.24, 2.45) is 5.92 Å². The van der Waals surface area contributed by atoms with E-state index in [0.717, 1.165) is 19.0 Å². The van der Waals surface area contributed by atoms with E-state index in [-0.39, 0.29) is 12.1 Å². The third kappa shape index (κ3) is 3.85. The Hall–Kier alpha value is -0.810. The number of nitrogens with zero attached hydrogens (tertiary/aromatic N) is 2. The maximum absolute atomic E-state index is 12.1. The predicted molar refractivity (Wildman–Crippen MR) is 77.6 cm³/mol. The van der Waals surface area contributed by atoms with Crippen LogP contribution in [0.4, 0.5) is 4.79 Å². The van der Waals surface area contributed by atoms with Gasteiger partial charge >= 0.3 is 6.09 Å². The zero-order valence-corrected chi connectivity index (χ0v) is 13.1. The van der Waals surface area contributed by atoms with Crippen LogP contribution in [0.2, 0.25) is 0 Å². The SMILES string of the molecule is CC1CCN([C@@H]2CN(C(=O)OC(C)(C)C)C[C@H]2O)CC1. The van der Waals surface area contributed by atoms with Gasteiger partial charge in [0, 0.05) is 6.54 Å². The summed E-state index contributed by atoms with van der Waals surface area (Å²) < 4.78 is 5.38. The van der Waals surface area contributed by atoms with Crippen molar-refractivity contribution in [3.63, 3.8) is 0 Å². The van der Waals surface area contributed by atoms with E-state index in [1.54, 1.807) is 4.90 Å². The van der Waals surface area contributed by atoms with Gasteiger partial charge in [-0.1, -0.05) is 6.92 Å². The van der Waals surface area contributed by atoms with Crippen LogP contribution in [0.25, 0.3) is 0 Å². The van der Waals surface area contributed by atoms with Crippen LogP contribution in [0.5, 0.6) is 0 Å². The van der Waals surface area contributed by atoms with Crippen molar-refractivity contribution in [1.82, 2.24) is 9.80 Å². The van der Waals surface area contributed by atoms with Crippen molar-refractivity contribution >= 4 is 6.09 Å². The Labute approximate surface area is 121 Å². The molecule has 5 nitrogen and oxygen atoms in total.